The van der Waals surface area contributed by atoms with Gasteiger partial charge in [-0.15, -0.1) is 0 Å². The summed E-state index contributed by atoms with van der Waals surface area (Å²) in [5, 5.41) is 0. The lowest BCUT2D eigenvalue weighted by molar-refractivity contribution is -0.131. The summed E-state index contributed by atoms with van der Waals surface area (Å²) in [7, 11) is 1.63. The van der Waals surface area contributed by atoms with E-state index >= 15 is 0 Å². The third-order valence-electron chi connectivity index (χ3n) is 4.29. The Labute approximate surface area is 169 Å². The third kappa shape index (κ3) is 5.57. The number of likely N-dealkylation sites (N-methyl/N-ethyl adjacent to an activating group) is 2. The van der Waals surface area contributed by atoms with E-state index < -0.39 is 0 Å². The summed E-state index contributed by atoms with van der Waals surface area (Å²) in [5.74, 6) is 0.195. The van der Waals surface area contributed by atoms with Gasteiger partial charge in [0.1, 0.15) is 12.4 Å². The van der Waals surface area contributed by atoms with Crippen LogP contribution < -0.4 is 4.74 Å². The minimum atomic E-state index is -0.238. The third-order valence-corrected chi connectivity index (χ3v) is 5.07. The Kier molecular flexibility index (Phi) is 7.85. The molecule has 0 aliphatic heterocycles. The van der Waals surface area contributed by atoms with E-state index in [1.54, 1.807) is 30.1 Å². The largest absolute Gasteiger partial charge is 0.488 e. The van der Waals surface area contributed by atoms with Gasteiger partial charge in [-0.05, 0) is 32.0 Å². The molecule has 2 amide bonds. The maximum absolute atomic E-state index is 12.8. The van der Waals surface area contributed by atoms with E-state index in [1.807, 2.05) is 44.2 Å². The molecular weight excluding hydrogens is 408 g/mol. The number of ether oxygens (including phenoxy) is 1. The van der Waals surface area contributed by atoms with Crippen LogP contribution in [0.2, 0.25) is 0 Å². The van der Waals surface area contributed by atoms with Crippen LogP contribution in [0.1, 0.15) is 29.8 Å². The summed E-state index contributed by atoms with van der Waals surface area (Å²) >= 11 is 3.50. The van der Waals surface area contributed by atoms with Crippen LogP contribution in [0.4, 0.5) is 0 Å². The molecule has 0 aliphatic rings. The molecule has 6 heteroatoms. The summed E-state index contributed by atoms with van der Waals surface area (Å²) in [4.78, 5) is 28.3. The fourth-order valence-electron chi connectivity index (χ4n) is 2.70. The molecule has 0 aliphatic carbocycles. The van der Waals surface area contributed by atoms with Gasteiger partial charge in [-0.3, -0.25) is 9.59 Å². The Hall–Kier alpha value is -2.34. The lowest BCUT2D eigenvalue weighted by atomic mass is 10.1. The van der Waals surface area contributed by atoms with Crippen molar-refractivity contribution in [2.75, 3.05) is 26.7 Å². The van der Waals surface area contributed by atoms with E-state index in [2.05, 4.69) is 15.9 Å². The molecule has 2 rings (SSSR count). The Morgan fingerprint density at radius 1 is 1.00 bits per heavy atom. The zero-order valence-electron chi connectivity index (χ0n) is 15.9. The molecule has 0 saturated heterocycles. The topological polar surface area (TPSA) is 49.9 Å². The van der Waals surface area contributed by atoms with Crippen LogP contribution in [0.5, 0.6) is 5.75 Å². The maximum atomic E-state index is 12.8. The van der Waals surface area contributed by atoms with E-state index in [-0.39, 0.29) is 18.4 Å². The molecule has 5 nitrogen and oxygen atoms in total. The SMILES string of the molecule is CCN(CC)C(=O)CN(C)C(=O)c1ccccc1OCc1ccccc1Br. The number of carbonyl (C=O) groups excluding carboxylic acids is 2. The minimum Gasteiger partial charge on any atom is -0.488 e. The highest BCUT2D eigenvalue weighted by Crippen LogP contribution is 2.23. The second-order valence-electron chi connectivity index (χ2n) is 6.10. The van der Waals surface area contributed by atoms with Crippen LogP contribution >= 0.6 is 15.9 Å². The van der Waals surface area contributed by atoms with Gasteiger partial charge in [-0.2, -0.15) is 0 Å². The maximum Gasteiger partial charge on any atom is 0.257 e. The van der Waals surface area contributed by atoms with Crippen molar-refractivity contribution >= 4 is 27.7 Å². The Morgan fingerprint density at radius 2 is 1.63 bits per heavy atom. The lowest BCUT2D eigenvalue weighted by Gasteiger charge is -2.23. The zero-order valence-corrected chi connectivity index (χ0v) is 17.5. The number of carbonyl (C=O) groups is 2. The summed E-state index contributed by atoms with van der Waals surface area (Å²) in [5.41, 5.74) is 1.43. The molecule has 2 aromatic rings. The van der Waals surface area contributed by atoms with Crippen molar-refractivity contribution in [1.82, 2.24) is 9.80 Å². The number of amides is 2. The van der Waals surface area contributed by atoms with Gasteiger partial charge in [-0.25, -0.2) is 0 Å². The van der Waals surface area contributed by atoms with Gasteiger partial charge in [0.2, 0.25) is 5.91 Å². The van der Waals surface area contributed by atoms with Crippen molar-refractivity contribution in [2.24, 2.45) is 0 Å². The van der Waals surface area contributed by atoms with Crippen LogP contribution in [0.25, 0.3) is 0 Å². The van der Waals surface area contributed by atoms with Crippen LogP contribution in [-0.2, 0) is 11.4 Å². The first kappa shape index (κ1) is 21.0. The van der Waals surface area contributed by atoms with Crippen LogP contribution in [0.15, 0.2) is 53.0 Å². The molecule has 0 saturated carbocycles. The average Bonchev–Trinajstić information content (AvgIpc) is 2.68. The molecule has 144 valence electrons. The van der Waals surface area contributed by atoms with Gasteiger partial charge in [0.25, 0.3) is 5.91 Å². The zero-order chi connectivity index (χ0) is 19.8. The molecule has 0 aromatic heterocycles. The fourth-order valence-corrected chi connectivity index (χ4v) is 3.10. The molecule has 2 aromatic carbocycles. The number of hydrogen-bond donors (Lipinski definition) is 0. The molecule has 0 N–H and O–H groups in total. The van der Waals surface area contributed by atoms with Crippen LogP contribution in [0, 0.1) is 0 Å². The molecule has 0 atom stereocenters. The van der Waals surface area contributed by atoms with Gasteiger partial charge in [0.15, 0.2) is 0 Å². The number of nitrogens with zero attached hydrogens (tertiary/aromatic N) is 2. The average molecular weight is 433 g/mol. The van der Waals surface area contributed by atoms with E-state index in [4.69, 9.17) is 4.74 Å². The monoisotopic (exact) mass is 432 g/mol. The quantitative estimate of drug-likeness (QED) is 0.633. The Morgan fingerprint density at radius 3 is 2.30 bits per heavy atom. The van der Waals surface area contributed by atoms with Crippen molar-refractivity contribution < 1.29 is 14.3 Å². The molecule has 0 radical (unpaired) electrons. The van der Waals surface area contributed by atoms with Gasteiger partial charge >= 0.3 is 0 Å². The summed E-state index contributed by atoms with van der Waals surface area (Å²) in [6.07, 6.45) is 0. The van der Waals surface area contributed by atoms with E-state index in [0.29, 0.717) is 31.0 Å². The number of rotatable bonds is 8. The van der Waals surface area contributed by atoms with E-state index in [1.165, 1.54) is 4.90 Å². The molecule has 27 heavy (non-hydrogen) atoms. The number of para-hydroxylation sites is 1. The normalized spacial score (nSPS) is 10.4. The van der Waals surface area contributed by atoms with E-state index in [0.717, 1.165) is 10.0 Å². The fraction of sp³-hybridized carbons (Fsp3) is 0.333. The molecule has 0 heterocycles. The van der Waals surface area contributed by atoms with Crippen molar-refractivity contribution in [3.8, 4) is 5.75 Å². The number of halogens is 1. The predicted molar refractivity (Wildman–Crippen MR) is 110 cm³/mol. The van der Waals surface area contributed by atoms with Crippen LogP contribution in [0.3, 0.4) is 0 Å². The second kappa shape index (κ2) is 10.1. The highest BCUT2D eigenvalue weighted by atomic mass is 79.9. The van der Waals surface area contributed by atoms with Gasteiger partial charge in [0, 0.05) is 30.2 Å². The van der Waals surface area contributed by atoms with Crippen molar-refractivity contribution in [3.63, 3.8) is 0 Å². The highest BCUT2D eigenvalue weighted by molar-refractivity contribution is 9.10. The molecule has 0 fully saturated rings. The van der Waals surface area contributed by atoms with Crippen molar-refractivity contribution in [2.45, 2.75) is 20.5 Å². The van der Waals surface area contributed by atoms with Crippen molar-refractivity contribution in [3.05, 3.63) is 64.1 Å². The van der Waals surface area contributed by atoms with Gasteiger partial charge in [0.05, 0.1) is 12.1 Å². The first-order valence-corrected chi connectivity index (χ1v) is 9.75. The standard InChI is InChI=1S/C21H25BrN2O3/c1-4-24(5-2)20(25)14-23(3)21(26)17-11-7-9-13-19(17)27-15-16-10-6-8-12-18(16)22/h6-13H,4-5,14-15H2,1-3H3. The smallest absolute Gasteiger partial charge is 0.257 e. The van der Waals surface area contributed by atoms with E-state index in [9.17, 15) is 9.59 Å². The summed E-state index contributed by atoms with van der Waals surface area (Å²) in [6, 6.07) is 14.9. The second-order valence-corrected chi connectivity index (χ2v) is 6.96. The lowest BCUT2D eigenvalue weighted by Crippen LogP contribution is -2.41. The Balaban J connectivity index is 2.10. The molecule has 0 bridgehead atoms. The number of hydrogen-bond acceptors (Lipinski definition) is 3. The van der Waals surface area contributed by atoms with Crippen LogP contribution in [-0.4, -0.2) is 48.3 Å². The first-order valence-electron chi connectivity index (χ1n) is 8.96. The molecule has 0 spiro atoms. The first-order chi connectivity index (χ1) is 13.0. The van der Waals surface area contributed by atoms with Gasteiger partial charge < -0.3 is 14.5 Å². The number of benzene rings is 2. The predicted octanol–water partition coefficient (Wildman–Crippen LogP) is 3.97. The van der Waals surface area contributed by atoms with Crippen molar-refractivity contribution in [1.29, 1.82) is 0 Å². The summed E-state index contributed by atoms with van der Waals surface area (Å²) in [6.45, 7) is 5.49. The molecular formula is C21H25BrN2O3. The summed E-state index contributed by atoms with van der Waals surface area (Å²) < 4.78 is 6.85. The molecule has 0 unspecified atom stereocenters. The minimum absolute atomic E-state index is 0.0408. The van der Waals surface area contributed by atoms with Gasteiger partial charge in [-0.1, -0.05) is 46.3 Å². The highest BCUT2D eigenvalue weighted by Gasteiger charge is 2.20. The Bertz CT molecular complexity index is 791.